The monoisotopic (exact) mass is 250 g/mol. The van der Waals surface area contributed by atoms with Gasteiger partial charge in [0.15, 0.2) is 0 Å². The van der Waals surface area contributed by atoms with Gasteiger partial charge in [-0.1, -0.05) is 0 Å². The number of anilines is 2. The molecule has 0 atom stereocenters. The first kappa shape index (κ1) is 13.0. The molecule has 0 bridgehead atoms. The van der Waals surface area contributed by atoms with E-state index in [0.29, 0.717) is 0 Å². The first-order chi connectivity index (χ1) is 8.69. The Morgan fingerprint density at radius 2 is 2.22 bits per heavy atom. The fourth-order valence-electron chi connectivity index (χ4n) is 2.18. The predicted molar refractivity (Wildman–Crippen MR) is 75.0 cm³/mol. The minimum atomic E-state index is 0.721. The molecule has 100 valence electrons. The highest BCUT2D eigenvalue weighted by Gasteiger charge is 2.15. The van der Waals surface area contributed by atoms with Gasteiger partial charge in [0.05, 0.1) is 19.5 Å². The zero-order chi connectivity index (χ0) is 13.0. The van der Waals surface area contributed by atoms with Crippen molar-refractivity contribution in [2.75, 3.05) is 58.1 Å². The number of benzene rings is 1. The number of nitrogen functional groups attached to an aromatic ring is 1. The molecule has 1 aromatic carbocycles. The Bertz CT molecular complexity index is 397. The lowest BCUT2D eigenvalue weighted by Gasteiger charge is -2.17. The Morgan fingerprint density at radius 3 is 2.89 bits per heavy atom. The summed E-state index contributed by atoms with van der Waals surface area (Å²) in [5.41, 5.74) is 7.45. The molecule has 1 fully saturated rings. The maximum absolute atomic E-state index is 5.73. The van der Waals surface area contributed by atoms with E-state index in [2.05, 4.69) is 22.2 Å². The molecule has 0 unspecified atom stereocenters. The van der Waals surface area contributed by atoms with Gasteiger partial charge in [-0.25, -0.2) is 0 Å². The molecule has 2 rings (SSSR count). The van der Waals surface area contributed by atoms with E-state index in [4.69, 9.17) is 10.5 Å². The maximum atomic E-state index is 5.73. The lowest BCUT2D eigenvalue weighted by molar-refractivity contribution is 0.283. The van der Waals surface area contributed by atoms with E-state index in [0.717, 1.165) is 50.0 Å². The van der Waals surface area contributed by atoms with Crippen molar-refractivity contribution in [3.63, 3.8) is 0 Å². The van der Waals surface area contributed by atoms with Crippen LogP contribution in [0.15, 0.2) is 18.2 Å². The van der Waals surface area contributed by atoms with Crippen molar-refractivity contribution in [3.8, 4) is 5.75 Å². The van der Waals surface area contributed by atoms with Crippen LogP contribution >= 0.6 is 0 Å². The van der Waals surface area contributed by atoms with Crippen molar-refractivity contribution in [1.29, 1.82) is 0 Å². The number of likely N-dealkylation sites (N-methyl/N-ethyl adjacent to an activating group) is 1. The largest absolute Gasteiger partial charge is 0.495 e. The maximum Gasteiger partial charge on any atom is 0.143 e. The first-order valence-corrected chi connectivity index (χ1v) is 6.27. The van der Waals surface area contributed by atoms with Crippen LogP contribution in [0.25, 0.3) is 0 Å². The fraction of sp³-hybridized carbons (Fsp3) is 0.538. The average molecular weight is 250 g/mol. The second-order valence-corrected chi connectivity index (χ2v) is 4.73. The van der Waals surface area contributed by atoms with E-state index in [1.54, 1.807) is 7.11 Å². The van der Waals surface area contributed by atoms with Crippen LogP contribution in [0.4, 0.5) is 11.4 Å². The van der Waals surface area contributed by atoms with Gasteiger partial charge >= 0.3 is 0 Å². The second kappa shape index (κ2) is 5.93. The van der Waals surface area contributed by atoms with Crippen molar-refractivity contribution in [2.24, 2.45) is 0 Å². The Labute approximate surface area is 109 Å². The molecular formula is C13H22N4O. The molecule has 1 saturated heterocycles. The highest BCUT2D eigenvalue weighted by Crippen LogP contribution is 2.26. The molecule has 1 heterocycles. The summed E-state index contributed by atoms with van der Waals surface area (Å²) in [7, 11) is 3.81. The van der Waals surface area contributed by atoms with Crippen LogP contribution in [0, 0.1) is 0 Å². The summed E-state index contributed by atoms with van der Waals surface area (Å²) in [6, 6.07) is 5.69. The van der Waals surface area contributed by atoms with Gasteiger partial charge in [0.25, 0.3) is 0 Å². The van der Waals surface area contributed by atoms with Gasteiger partial charge in [0.2, 0.25) is 0 Å². The Morgan fingerprint density at radius 1 is 1.39 bits per heavy atom. The summed E-state index contributed by atoms with van der Waals surface area (Å²) >= 11 is 0. The topological polar surface area (TPSA) is 53.8 Å². The van der Waals surface area contributed by atoms with Crippen LogP contribution in [0.2, 0.25) is 0 Å². The zero-order valence-electron chi connectivity index (χ0n) is 11.1. The van der Waals surface area contributed by atoms with E-state index in [-0.39, 0.29) is 0 Å². The molecule has 5 heteroatoms. The lowest BCUT2D eigenvalue weighted by atomic mass is 10.2. The lowest BCUT2D eigenvalue weighted by Crippen LogP contribution is -2.28. The molecule has 0 aromatic heterocycles. The average Bonchev–Trinajstić information content (AvgIpc) is 2.77. The Balaban J connectivity index is 1.83. The smallest absolute Gasteiger partial charge is 0.143 e. The summed E-state index contributed by atoms with van der Waals surface area (Å²) in [6.45, 7) is 5.31. The number of methoxy groups -OCH3 is 1. The van der Waals surface area contributed by atoms with Gasteiger partial charge in [-0.05, 0) is 19.2 Å². The molecular weight excluding hydrogens is 228 g/mol. The predicted octanol–water partition coefficient (Wildman–Crippen LogP) is 0.894. The number of nitrogens with two attached hydrogens (primary N) is 1. The van der Waals surface area contributed by atoms with Gasteiger partial charge in [-0.3, -0.25) is 9.80 Å². The van der Waals surface area contributed by atoms with Crippen LogP contribution in [0.1, 0.15) is 0 Å². The normalized spacial score (nSPS) is 17.0. The van der Waals surface area contributed by atoms with Gasteiger partial charge in [-0.2, -0.15) is 0 Å². The van der Waals surface area contributed by atoms with E-state index >= 15 is 0 Å². The first-order valence-electron chi connectivity index (χ1n) is 6.27. The van der Waals surface area contributed by atoms with Gasteiger partial charge in [-0.15, -0.1) is 0 Å². The number of hydrogen-bond acceptors (Lipinski definition) is 5. The van der Waals surface area contributed by atoms with Crippen LogP contribution in [0.3, 0.4) is 0 Å². The van der Waals surface area contributed by atoms with Crippen LogP contribution in [0.5, 0.6) is 5.75 Å². The Hall–Kier alpha value is -1.46. The van der Waals surface area contributed by atoms with Crippen molar-refractivity contribution in [2.45, 2.75) is 0 Å². The summed E-state index contributed by atoms with van der Waals surface area (Å²) in [6.07, 6.45) is 0. The molecule has 0 saturated carbocycles. The third-order valence-electron chi connectivity index (χ3n) is 3.21. The Kier molecular flexibility index (Phi) is 4.28. The summed E-state index contributed by atoms with van der Waals surface area (Å²) in [5, 5.41) is 3.39. The standard InChI is InChI=1S/C13H22N4O/c1-16-7-8-17(10-16)6-5-15-12-4-3-11(14)9-13(12)18-2/h3-4,9,15H,5-8,10,14H2,1-2H3. The number of ether oxygens (including phenoxy) is 1. The fourth-order valence-corrected chi connectivity index (χ4v) is 2.18. The third-order valence-corrected chi connectivity index (χ3v) is 3.21. The molecule has 5 nitrogen and oxygen atoms in total. The minimum Gasteiger partial charge on any atom is -0.495 e. The zero-order valence-corrected chi connectivity index (χ0v) is 11.1. The highest BCUT2D eigenvalue weighted by atomic mass is 16.5. The molecule has 0 radical (unpaired) electrons. The second-order valence-electron chi connectivity index (χ2n) is 4.73. The van der Waals surface area contributed by atoms with Crippen molar-refractivity contribution >= 4 is 11.4 Å². The molecule has 0 spiro atoms. The number of nitrogens with one attached hydrogen (secondary N) is 1. The molecule has 0 amide bonds. The van der Waals surface area contributed by atoms with Crippen LogP contribution in [-0.4, -0.2) is 56.8 Å². The molecule has 1 aliphatic rings. The summed E-state index contributed by atoms with van der Waals surface area (Å²) in [4.78, 5) is 4.75. The van der Waals surface area contributed by atoms with Crippen LogP contribution < -0.4 is 15.8 Å². The molecule has 1 aromatic rings. The molecule has 0 aliphatic carbocycles. The number of rotatable bonds is 5. The van der Waals surface area contributed by atoms with Crippen molar-refractivity contribution in [3.05, 3.63) is 18.2 Å². The van der Waals surface area contributed by atoms with Gasteiger partial charge < -0.3 is 15.8 Å². The van der Waals surface area contributed by atoms with Gasteiger partial charge in [0.1, 0.15) is 5.75 Å². The van der Waals surface area contributed by atoms with E-state index in [1.165, 1.54) is 0 Å². The molecule has 18 heavy (non-hydrogen) atoms. The summed E-state index contributed by atoms with van der Waals surface area (Å²) in [5.74, 6) is 0.800. The third kappa shape index (κ3) is 3.27. The summed E-state index contributed by atoms with van der Waals surface area (Å²) < 4.78 is 5.30. The highest BCUT2D eigenvalue weighted by molar-refractivity contribution is 5.62. The number of hydrogen-bond donors (Lipinski definition) is 2. The number of nitrogens with zero attached hydrogens (tertiary/aromatic N) is 2. The molecule has 1 aliphatic heterocycles. The van der Waals surface area contributed by atoms with Crippen molar-refractivity contribution < 1.29 is 4.74 Å². The molecule has 3 N–H and O–H groups in total. The minimum absolute atomic E-state index is 0.721. The quantitative estimate of drug-likeness (QED) is 0.760. The van der Waals surface area contributed by atoms with E-state index in [1.807, 2.05) is 18.2 Å². The SMILES string of the molecule is COc1cc(N)ccc1NCCN1CCN(C)C1. The van der Waals surface area contributed by atoms with Gasteiger partial charge in [0, 0.05) is 37.9 Å². The van der Waals surface area contributed by atoms with E-state index in [9.17, 15) is 0 Å². The van der Waals surface area contributed by atoms with E-state index < -0.39 is 0 Å². The van der Waals surface area contributed by atoms with Crippen molar-refractivity contribution in [1.82, 2.24) is 9.80 Å². The van der Waals surface area contributed by atoms with Crippen LogP contribution in [-0.2, 0) is 0 Å².